The second kappa shape index (κ2) is 9.07. The fraction of sp³-hybridized carbons (Fsp3) is 0.120. The normalized spacial score (nSPS) is 13.2. The quantitative estimate of drug-likeness (QED) is 0.457. The number of hydrogen-bond donors (Lipinski definition) is 1. The molecule has 0 aromatic heterocycles. The van der Waals surface area contributed by atoms with Crippen molar-refractivity contribution in [3.05, 3.63) is 114 Å². The van der Waals surface area contributed by atoms with E-state index in [1.165, 1.54) is 0 Å². The van der Waals surface area contributed by atoms with Crippen molar-refractivity contribution in [1.82, 2.24) is 0 Å². The van der Waals surface area contributed by atoms with E-state index in [2.05, 4.69) is 0 Å². The summed E-state index contributed by atoms with van der Waals surface area (Å²) in [6.07, 6.45) is 3.01. The fourth-order valence-corrected chi connectivity index (χ4v) is 3.05. The molecule has 140 valence electrons. The summed E-state index contributed by atoms with van der Waals surface area (Å²) in [6, 6.07) is 27.3. The molecule has 3 aromatic carbocycles. The van der Waals surface area contributed by atoms with Crippen molar-refractivity contribution in [1.29, 1.82) is 0 Å². The highest BCUT2D eigenvalue weighted by molar-refractivity contribution is 6.08. The Morgan fingerprint density at radius 1 is 0.786 bits per heavy atom. The lowest BCUT2D eigenvalue weighted by atomic mass is 9.86. The number of aliphatic hydroxyl groups is 1. The first-order valence-electron chi connectivity index (χ1n) is 9.19. The topological polar surface area (TPSA) is 54.4 Å². The summed E-state index contributed by atoms with van der Waals surface area (Å²) in [5.74, 6) is -0.550. The van der Waals surface area contributed by atoms with Gasteiger partial charge in [0.2, 0.25) is 0 Å². The summed E-state index contributed by atoms with van der Waals surface area (Å²) in [7, 11) is 0. The molecule has 1 atom stereocenters. The van der Waals surface area contributed by atoms with E-state index in [-0.39, 0.29) is 24.4 Å². The minimum absolute atomic E-state index is 0.168. The predicted octanol–water partition coefficient (Wildman–Crippen LogP) is 4.82. The number of carbonyl (C=O) groups is 2. The third-order valence-electron chi connectivity index (χ3n) is 4.54. The average Bonchev–Trinajstić information content (AvgIpc) is 2.74. The van der Waals surface area contributed by atoms with Gasteiger partial charge in [0.15, 0.2) is 5.78 Å². The van der Waals surface area contributed by atoms with Crippen LogP contribution in [0.5, 0.6) is 0 Å². The molecule has 0 heterocycles. The summed E-state index contributed by atoms with van der Waals surface area (Å²) < 4.78 is 0. The number of rotatable bonds is 8. The zero-order valence-corrected chi connectivity index (χ0v) is 15.5. The Morgan fingerprint density at radius 3 is 1.93 bits per heavy atom. The van der Waals surface area contributed by atoms with Gasteiger partial charge < -0.3 is 5.11 Å². The lowest BCUT2D eigenvalue weighted by Gasteiger charge is -2.24. The Hall–Kier alpha value is -3.30. The molecule has 3 heteroatoms. The summed E-state index contributed by atoms with van der Waals surface area (Å²) >= 11 is 0. The standard InChI is InChI=1S/C25H22O3/c26-23(18-24(27)21-12-6-2-7-13-21)19-25(28,22-14-8-3-9-15-22)17-16-20-10-4-1-5-11-20/h1-17,28H,18-19H2/b17-16+/t25-/m1/s1. The molecule has 0 unspecified atom stereocenters. The SMILES string of the molecule is O=C(CC(=O)c1ccccc1)C[C@](O)(/C=C/c1ccccc1)c1ccccc1. The number of benzene rings is 3. The van der Waals surface area contributed by atoms with Gasteiger partial charge in [-0.2, -0.15) is 0 Å². The molecule has 3 aromatic rings. The molecular formula is C25H22O3. The lowest BCUT2D eigenvalue weighted by molar-refractivity contribution is -0.121. The van der Waals surface area contributed by atoms with Gasteiger partial charge in [0.1, 0.15) is 11.4 Å². The van der Waals surface area contributed by atoms with Gasteiger partial charge in [-0.15, -0.1) is 0 Å². The molecule has 0 aliphatic rings. The third kappa shape index (κ3) is 5.12. The smallest absolute Gasteiger partial charge is 0.170 e. The van der Waals surface area contributed by atoms with Gasteiger partial charge in [-0.1, -0.05) is 97.1 Å². The largest absolute Gasteiger partial charge is 0.381 e. The van der Waals surface area contributed by atoms with Crippen LogP contribution < -0.4 is 0 Å². The van der Waals surface area contributed by atoms with E-state index in [1.54, 1.807) is 48.6 Å². The van der Waals surface area contributed by atoms with Gasteiger partial charge in [0.05, 0.1) is 6.42 Å². The van der Waals surface area contributed by atoms with Gasteiger partial charge in [0, 0.05) is 12.0 Å². The van der Waals surface area contributed by atoms with E-state index >= 15 is 0 Å². The van der Waals surface area contributed by atoms with Gasteiger partial charge in [-0.3, -0.25) is 9.59 Å². The highest BCUT2D eigenvalue weighted by Crippen LogP contribution is 2.29. The molecule has 0 spiro atoms. The van der Waals surface area contributed by atoms with Crippen LogP contribution in [0.1, 0.15) is 34.3 Å². The molecule has 0 aliphatic heterocycles. The second-order valence-corrected chi connectivity index (χ2v) is 6.72. The molecule has 0 radical (unpaired) electrons. The first kappa shape index (κ1) is 19.5. The van der Waals surface area contributed by atoms with Gasteiger partial charge in [0.25, 0.3) is 0 Å². The van der Waals surface area contributed by atoms with Crippen molar-refractivity contribution in [2.24, 2.45) is 0 Å². The zero-order valence-electron chi connectivity index (χ0n) is 15.5. The van der Waals surface area contributed by atoms with Crippen LogP contribution in [0.25, 0.3) is 6.08 Å². The Kier molecular flexibility index (Phi) is 6.30. The van der Waals surface area contributed by atoms with Crippen molar-refractivity contribution in [2.45, 2.75) is 18.4 Å². The maximum absolute atomic E-state index is 12.6. The number of hydrogen-bond acceptors (Lipinski definition) is 3. The van der Waals surface area contributed by atoms with E-state index in [9.17, 15) is 14.7 Å². The number of ketones is 2. The maximum Gasteiger partial charge on any atom is 0.170 e. The highest BCUT2D eigenvalue weighted by atomic mass is 16.3. The molecule has 0 amide bonds. The number of Topliss-reactive ketones (excluding diaryl/α,β-unsaturated/α-hetero) is 2. The third-order valence-corrected chi connectivity index (χ3v) is 4.54. The van der Waals surface area contributed by atoms with Crippen LogP contribution in [-0.4, -0.2) is 16.7 Å². The van der Waals surface area contributed by atoms with Crippen molar-refractivity contribution in [3.63, 3.8) is 0 Å². The Morgan fingerprint density at radius 2 is 1.32 bits per heavy atom. The molecule has 0 saturated carbocycles. The van der Waals surface area contributed by atoms with E-state index in [0.717, 1.165) is 5.56 Å². The zero-order chi connectivity index (χ0) is 19.8. The molecule has 0 aliphatic carbocycles. The van der Waals surface area contributed by atoms with Gasteiger partial charge in [-0.25, -0.2) is 0 Å². The molecule has 28 heavy (non-hydrogen) atoms. The Balaban J connectivity index is 1.80. The van der Waals surface area contributed by atoms with Crippen LogP contribution >= 0.6 is 0 Å². The van der Waals surface area contributed by atoms with E-state index < -0.39 is 5.60 Å². The van der Waals surface area contributed by atoms with Crippen LogP contribution in [0.15, 0.2) is 97.1 Å². The van der Waals surface area contributed by atoms with Crippen LogP contribution in [-0.2, 0) is 10.4 Å². The summed E-state index contributed by atoms with van der Waals surface area (Å²) in [5, 5.41) is 11.3. The number of carbonyl (C=O) groups excluding carboxylic acids is 2. The maximum atomic E-state index is 12.6. The van der Waals surface area contributed by atoms with Crippen molar-refractivity contribution in [2.75, 3.05) is 0 Å². The van der Waals surface area contributed by atoms with Crippen LogP contribution in [0.4, 0.5) is 0 Å². The van der Waals surface area contributed by atoms with Crippen molar-refractivity contribution >= 4 is 17.6 Å². The van der Waals surface area contributed by atoms with Crippen LogP contribution in [0, 0.1) is 0 Å². The molecule has 3 nitrogen and oxygen atoms in total. The summed E-state index contributed by atoms with van der Waals surface area (Å²) in [5.41, 5.74) is 0.553. The molecule has 0 saturated heterocycles. The van der Waals surface area contributed by atoms with Crippen LogP contribution in [0.3, 0.4) is 0 Å². The van der Waals surface area contributed by atoms with Gasteiger partial charge in [-0.05, 0) is 17.2 Å². The second-order valence-electron chi connectivity index (χ2n) is 6.72. The molecule has 0 bridgehead atoms. The fourth-order valence-electron chi connectivity index (χ4n) is 3.05. The predicted molar refractivity (Wildman–Crippen MR) is 111 cm³/mol. The first-order chi connectivity index (χ1) is 13.6. The lowest BCUT2D eigenvalue weighted by Crippen LogP contribution is -2.27. The minimum Gasteiger partial charge on any atom is -0.381 e. The van der Waals surface area contributed by atoms with E-state index in [0.29, 0.717) is 11.1 Å². The Bertz CT molecular complexity index is 947. The van der Waals surface area contributed by atoms with Crippen molar-refractivity contribution in [3.8, 4) is 0 Å². The van der Waals surface area contributed by atoms with E-state index in [4.69, 9.17) is 0 Å². The summed E-state index contributed by atoms with van der Waals surface area (Å²) in [6.45, 7) is 0. The first-order valence-corrected chi connectivity index (χ1v) is 9.19. The van der Waals surface area contributed by atoms with Crippen molar-refractivity contribution < 1.29 is 14.7 Å². The van der Waals surface area contributed by atoms with Gasteiger partial charge >= 0.3 is 0 Å². The molecule has 1 N–H and O–H groups in total. The minimum atomic E-state index is -1.48. The monoisotopic (exact) mass is 370 g/mol. The molecule has 0 fully saturated rings. The average molecular weight is 370 g/mol. The molecular weight excluding hydrogens is 348 g/mol. The summed E-state index contributed by atoms with van der Waals surface area (Å²) in [4.78, 5) is 24.9. The van der Waals surface area contributed by atoms with Crippen LogP contribution in [0.2, 0.25) is 0 Å². The molecule has 3 rings (SSSR count). The Labute approximate surface area is 165 Å². The van der Waals surface area contributed by atoms with E-state index in [1.807, 2.05) is 54.6 Å². The highest BCUT2D eigenvalue weighted by Gasteiger charge is 2.30.